The summed E-state index contributed by atoms with van der Waals surface area (Å²) < 4.78 is 49.9. The lowest BCUT2D eigenvalue weighted by Gasteiger charge is -2.09. The van der Waals surface area contributed by atoms with Crippen molar-refractivity contribution in [2.75, 3.05) is 6.54 Å². The van der Waals surface area contributed by atoms with E-state index in [1.165, 1.54) is 0 Å². The fourth-order valence-electron chi connectivity index (χ4n) is 1.25. The van der Waals surface area contributed by atoms with Crippen LogP contribution in [0.25, 0.3) is 0 Å². The number of alkyl halides is 3. The van der Waals surface area contributed by atoms with E-state index in [0.717, 1.165) is 12.1 Å². The van der Waals surface area contributed by atoms with E-state index in [9.17, 15) is 22.4 Å². The van der Waals surface area contributed by atoms with Gasteiger partial charge >= 0.3 is 6.18 Å². The molecule has 7 heteroatoms. The van der Waals surface area contributed by atoms with Gasteiger partial charge < -0.3 is 11.1 Å². The molecule has 0 unspecified atom stereocenters. The molecule has 1 amide bonds. The van der Waals surface area contributed by atoms with Gasteiger partial charge in [0.1, 0.15) is 5.82 Å². The summed E-state index contributed by atoms with van der Waals surface area (Å²) in [7, 11) is 0. The molecule has 3 nitrogen and oxygen atoms in total. The van der Waals surface area contributed by atoms with Gasteiger partial charge in [-0.05, 0) is 23.8 Å². The van der Waals surface area contributed by atoms with Crippen molar-refractivity contribution in [1.82, 2.24) is 5.32 Å². The highest BCUT2D eigenvalue weighted by Gasteiger charge is 2.31. The normalized spacial score (nSPS) is 11.5. The van der Waals surface area contributed by atoms with Crippen LogP contribution >= 0.6 is 0 Å². The molecule has 94 valence electrons. The number of hydrogen-bond acceptors (Lipinski definition) is 2. The summed E-state index contributed by atoms with van der Waals surface area (Å²) >= 11 is 0. The van der Waals surface area contributed by atoms with Gasteiger partial charge in [0, 0.05) is 6.54 Å². The third kappa shape index (κ3) is 4.39. The standard InChI is InChI=1S/C10H10F4N2O/c11-8-2-6(4-16-5-9(15)17)1-7(3-8)10(12,13)14/h1-3,16H,4-5H2,(H2,15,17). The van der Waals surface area contributed by atoms with E-state index in [1.807, 2.05) is 0 Å². The monoisotopic (exact) mass is 250 g/mol. The number of carbonyl (C=O) groups is 1. The van der Waals surface area contributed by atoms with Gasteiger partial charge in [0.15, 0.2) is 0 Å². The quantitative estimate of drug-likeness (QED) is 0.794. The van der Waals surface area contributed by atoms with Crippen molar-refractivity contribution >= 4 is 5.91 Å². The van der Waals surface area contributed by atoms with Crippen molar-refractivity contribution < 1.29 is 22.4 Å². The Bertz CT molecular complexity index is 417. The van der Waals surface area contributed by atoms with Crippen LogP contribution in [0.2, 0.25) is 0 Å². The van der Waals surface area contributed by atoms with Gasteiger partial charge in [-0.1, -0.05) is 0 Å². The molecule has 1 aromatic carbocycles. The predicted octanol–water partition coefficient (Wildman–Crippen LogP) is 1.42. The zero-order chi connectivity index (χ0) is 13.1. The third-order valence-corrected chi connectivity index (χ3v) is 1.91. The molecule has 0 radical (unpaired) electrons. The molecule has 0 aliphatic carbocycles. The molecule has 17 heavy (non-hydrogen) atoms. The number of amides is 1. The second-order valence-corrected chi connectivity index (χ2v) is 3.42. The number of halogens is 4. The van der Waals surface area contributed by atoms with Gasteiger partial charge in [0.05, 0.1) is 12.1 Å². The lowest BCUT2D eigenvalue weighted by molar-refractivity contribution is -0.137. The fraction of sp³-hybridized carbons (Fsp3) is 0.300. The molecule has 0 saturated heterocycles. The number of rotatable bonds is 4. The van der Waals surface area contributed by atoms with E-state index in [2.05, 4.69) is 5.32 Å². The molecule has 0 spiro atoms. The van der Waals surface area contributed by atoms with Crippen molar-refractivity contribution in [3.05, 3.63) is 35.1 Å². The van der Waals surface area contributed by atoms with Crippen LogP contribution in [0.15, 0.2) is 18.2 Å². The zero-order valence-corrected chi connectivity index (χ0v) is 8.64. The first-order valence-corrected chi connectivity index (χ1v) is 4.64. The van der Waals surface area contributed by atoms with Crippen LogP contribution in [0.5, 0.6) is 0 Å². The van der Waals surface area contributed by atoms with E-state index in [1.54, 1.807) is 0 Å². The highest BCUT2D eigenvalue weighted by atomic mass is 19.4. The van der Waals surface area contributed by atoms with E-state index in [-0.39, 0.29) is 18.7 Å². The molecule has 1 rings (SSSR count). The van der Waals surface area contributed by atoms with Crippen molar-refractivity contribution in [1.29, 1.82) is 0 Å². The zero-order valence-electron chi connectivity index (χ0n) is 8.64. The van der Waals surface area contributed by atoms with Gasteiger partial charge in [-0.3, -0.25) is 4.79 Å². The Kier molecular flexibility index (Phi) is 4.06. The van der Waals surface area contributed by atoms with Crippen molar-refractivity contribution in [3.63, 3.8) is 0 Å². The molecular formula is C10H10F4N2O. The summed E-state index contributed by atoms with van der Waals surface area (Å²) in [5.74, 6) is -1.62. The molecule has 0 heterocycles. The van der Waals surface area contributed by atoms with Gasteiger partial charge in [0.2, 0.25) is 5.91 Å². The first-order valence-electron chi connectivity index (χ1n) is 4.64. The van der Waals surface area contributed by atoms with Crippen LogP contribution in [0.3, 0.4) is 0 Å². The average Bonchev–Trinajstić information content (AvgIpc) is 2.14. The van der Waals surface area contributed by atoms with Crippen molar-refractivity contribution in [2.45, 2.75) is 12.7 Å². The Morgan fingerprint density at radius 2 is 1.94 bits per heavy atom. The number of hydrogen-bond donors (Lipinski definition) is 2. The van der Waals surface area contributed by atoms with Gasteiger partial charge in [-0.15, -0.1) is 0 Å². The molecule has 0 aromatic heterocycles. The molecule has 0 bridgehead atoms. The third-order valence-electron chi connectivity index (χ3n) is 1.91. The summed E-state index contributed by atoms with van der Waals surface area (Å²) in [5, 5.41) is 2.50. The number of carbonyl (C=O) groups excluding carboxylic acids is 1. The molecule has 3 N–H and O–H groups in total. The van der Waals surface area contributed by atoms with E-state index in [0.29, 0.717) is 6.07 Å². The first-order chi connectivity index (χ1) is 7.79. The van der Waals surface area contributed by atoms with E-state index in [4.69, 9.17) is 5.73 Å². The second kappa shape index (κ2) is 5.13. The Labute approximate surface area is 94.6 Å². The predicted molar refractivity (Wildman–Crippen MR) is 52.3 cm³/mol. The van der Waals surface area contributed by atoms with Gasteiger partial charge in [0.25, 0.3) is 0 Å². The Morgan fingerprint density at radius 3 is 2.47 bits per heavy atom. The molecular weight excluding hydrogens is 240 g/mol. The van der Waals surface area contributed by atoms with Crippen LogP contribution in [0, 0.1) is 5.82 Å². The first kappa shape index (κ1) is 13.4. The number of nitrogens with one attached hydrogen (secondary N) is 1. The summed E-state index contributed by atoms with van der Waals surface area (Å²) in [6.07, 6.45) is -4.60. The summed E-state index contributed by atoms with van der Waals surface area (Å²) in [5.41, 5.74) is 3.86. The molecule has 1 aromatic rings. The molecule has 0 aliphatic heterocycles. The summed E-state index contributed by atoms with van der Waals surface area (Å²) in [4.78, 5) is 10.4. The fourth-order valence-corrected chi connectivity index (χ4v) is 1.25. The lowest BCUT2D eigenvalue weighted by atomic mass is 10.1. The van der Waals surface area contributed by atoms with Crippen molar-refractivity contribution in [3.8, 4) is 0 Å². The number of primary amides is 1. The number of benzene rings is 1. The average molecular weight is 250 g/mol. The Balaban J connectivity index is 2.79. The molecule has 0 saturated carbocycles. The van der Waals surface area contributed by atoms with Crippen LogP contribution in [-0.4, -0.2) is 12.5 Å². The van der Waals surface area contributed by atoms with E-state index >= 15 is 0 Å². The maximum atomic E-state index is 12.9. The maximum absolute atomic E-state index is 12.9. The SMILES string of the molecule is NC(=O)CNCc1cc(F)cc(C(F)(F)F)c1. The van der Waals surface area contributed by atoms with Gasteiger partial charge in [-0.25, -0.2) is 4.39 Å². The largest absolute Gasteiger partial charge is 0.416 e. The van der Waals surface area contributed by atoms with Crippen LogP contribution in [0.4, 0.5) is 17.6 Å². The van der Waals surface area contributed by atoms with E-state index < -0.39 is 23.5 Å². The smallest absolute Gasteiger partial charge is 0.369 e. The Hall–Kier alpha value is -1.63. The second-order valence-electron chi connectivity index (χ2n) is 3.42. The highest BCUT2D eigenvalue weighted by molar-refractivity contribution is 5.75. The topological polar surface area (TPSA) is 55.1 Å². The van der Waals surface area contributed by atoms with Gasteiger partial charge in [-0.2, -0.15) is 13.2 Å². The summed E-state index contributed by atoms with van der Waals surface area (Å²) in [6.45, 7) is -0.248. The molecule has 0 fully saturated rings. The minimum absolute atomic E-state index is 0.0657. The molecule has 0 aliphatic rings. The van der Waals surface area contributed by atoms with Crippen LogP contribution in [-0.2, 0) is 17.5 Å². The Morgan fingerprint density at radius 1 is 1.29 bits per heavy atom. The van der Waals surface area contributed by atoms with Crippen LogP contribution in [0.1, 0.15) is 11.1 Å². The van der Waals surface area contributed by atoms with Crippen molar-refractivity contribution in [2.24, 2.45) is 5.73 Å². The van der Waals surface area contributed by atoms with Crippen LogP contribution < -0.4 is 11.1 Å². The number of nitrogens with two attached hydrogens (primary N) is 1. The highest BCUT2D eigenvalue weighted by Crippen LogP contribution is 2.30. The molecule has 0 atom stereocenters. The summed E-state index contributed by atoms with van der Waals surface area (Å²) in [6, 6.07) is 2.19. The lowest BCUT2D eigenvalue weighted by Crippen LogP contribution is -2.28. The minimum atomic E-state index is -4.60. The minimum Gasteiger partial charge on any atom is -0.369 e. The maximum Gasteiger partial charge on any atom is 0.416 e.